The maximum absolute atomic E-state index is 12.9. The van der Waals surface area contributed by atoms with E-state index < -0.39 is 11.4 Å². The first-order chi connectivity index (χ1) is 10.5. The van der Waals surface area contributed by atoms with Crippen molar-refractivity contribution in [3.8, 4) is 6.07 Å². The molecule has 3 rings (SSSR count). The average molecular weight is 312 g/mol. The molecule has 2 aromatic rings. The van der Waals surface area contributed by atoms with Crippen LogP contribution in [0.4, 0.5) is 5.00 Å². The molecule has 22 heavy (non-hydrogen) atoms. The minimum absolute atomic E-state index is 0.00736. The number of nitrogen functional groups attached to an aromatic ring is 1. The first-order valence-corrected chi connectivity index (χ1v) is 7.49. The van der Waals surface area contributed by atoms with Crippen LogP contribution in [0.3, 0.4) is 0 Å². The maximum Gasteiger partial charge on any atom is 0.338 e. The molecule has 0 fully saturated rings. The molecule has 1 unspecified atom stereocenters. The van der Waals surface area contributed by atoms with E-state index in [0.717, 1.165) is 11.3 Å². The van der Waals surface area contributed by atoms with Crippen molar-refractivity contribution in [2.24, 2.45) is 0 Å². The van der Waals surface area contributed by atoms with Crippen molar-refractivity contribution in [3.63, 3.8) is 0 Å². The number of carbonyl (C=O) groups is 2. The molecule has 1 aromatic heterocycles. The van der Waals surface area contributed by atoms with Gasteiger partial charge in [-0.05, 0) is 24.0 Å². The van der Waals surface area contributed by atoms with E-state index in [1.165, 1.54) is 0 Å². The van der Waals surface area contributed by atoms with Gasteiger partial charge in [-0.25, -0.2) is 4.79 Å². The van der Waals surface area contributed by atoms with E-state index in [0.29, 0.717) is 22.4 Å². The van der Waals surface area contributed by atoms with Gasteiger partial charge < -0.3 is 10.8 Å². The third kappa shape index (κ3) is 1.83. The number of benzene rings is 1. The third-order valence-corrected chi connectivity index (χ3v) is 5.11. The largest absolute Gasteiger partial charge is 0.478 e. The minimum Gasteiger partial charge on any atom is -0.478 e. The van der Waals surface area contributed by atoms with E-state index in [1.54, 1.807) is 24.3 Å². The summed E-state index contributed by atoms with van der Waals surface area (Å²) in [6, 6.07) is 11.0. The van der Waals surface area contributed by atoms with Gasteiger partial charge in [0, 0.05) is 0 Å². The Labute approximate surface area is 130 Å². The van der Waals surface area contributed by atoms with Crippen molar-refractivity contribution >= 4 is 28.1 Å². The Hall–Kier alpha value is -2.65. The molecule has 3 N–H and O–H groups in total. The summed E-state index contributed by atoms with van der Waals surface area (Å²) in [5.74, 6) is -1.49. The number of hydrogen-bond acceptors (Lipinski definition) is 5. The maximum atomic E-state index is 12.9. The predicted molar refractivity (Wildman–Crippen MR) is 82.1 cm³/mol. The number of nitrogens with zero attached hydrogens (tertiary/aromatic N) is 1. The fourth-order valence-electron chi connectivity index (χ4n) is 2.93. The van der Waals surface area contributed by atoms with Crippen LogP contribution in [-0.2, 0) is 11.8 Å². The third-order valence-electron chi connectivity index (χ3n) is 4.05. The average Bonchev–Trinajstić information content (AvgIpc) is 2.86. The summed E-state index contributed by atoms with van der Waals surface area (Å²) >= 11 is 0.962. The smallest absolute Gasteiger partial charge is 0.338 e. The molecule has 1 atom stereocenters. The molecular weight excluding hydrogens is 300 g/mol. The van der Waals surface area contributed by atoms with Crippen LogP contribution < -0.4 is 5.73 Å². The van der Waals surface area contributed by atoms with Gasteiger partial charge in [0.1, 0.15) is 10.4 Å². The molecule has 0 amide bonds. The second kappa shape index (κ2) is 4.97. The van der Waals surface area contributed by atoms with Gasteiger partial charge in [0.25, 0.3) is 0 Å². The molecule has 0 aliphatic heterocycles. The second-order valence-corrected chi connectivity index (χ2v) is 6.22. The number of carboxylic acids is 1. The van der Waals surface area contributed by atoms with Crippen molar-refractivity contribution in [2.45, 2.75) is 18.3 Å². The number of ketones is 1. The molecule has 5 nitrogen and oxygen atoms in total. The Bertz CT molecular complexity index is 820. The highest BCUT2D eigenvalue weighted by Gasteiger charge is 2.47. The number of aromatic carboxylic acids is 1. The van der Waals surface area contributed by atoms with Crippen LogP contribution in [0.25, 0.3) is 0 Å². The highest BCUT2D eigenvalue weighted by Crippen LogP contribution is 2.44. The van der Waals surface area contributed by atoms with Crippen LogP contribution in [0.5, 0.6) is 0 Å². The quantitative estimate of drug-likeness (QED) is 0.887. The van der Waals surface area contributed by atoms with Crippen LogP contribution in [-0.4, -0.2) is 16.9 Å². The lowest BCUT2D eigenvalue weighted by atomic mass is 9.69. The lowest BCUT2D eigenvalue weighted by Gasteiger charge is -2.29. The number of hydrogen-bond donors (Lipinski definition) is 2. The first kappa shape index (κ1) is 14.3. The summed E-state index contributed by atoms with van der Waals surface area (Å²) in [4.78, 5) is 24.5. The number of thiophene rings is 1. The molecule has 0 radical (unpaired) electrons. The number of nitriles is 1. The summed E-state index contributed by atoms with van der Waals surface area (Å²) in [5.41, 5.74) is 5.60. The molecule has 1 aliphatic carbocycles. The van der Waals surface area contributed by atoms with Gasteiger partial charge in [-0.2, -0.15) is 5.26 Å². The molecule has 110 valence electrons. The van der Waals surface area contributed by atoms with Crippen LogP contribution in [0.15, 0.2) is 30.3 Å². The van der Waals surface area contributed by atoms with E-state index >= 15 is 0 Å². The normalized spacial score (nSPS) is 20.2. The Kier molecular flexibility index (Phi) is 3.23. The number of fused-ring (bicyclic) bond motifs is 1. The molecule has 0 bridgehead atoms. The van der Waals surface area contributed by atoms with Gasteiger partial charge in [-0.15, -0.1) is 11.3 Å². The van der Waals surface area contributed by atoms with Gasteiger partial charge in [0.05, 0.1) is 16.5 Å². The fraction of sp³-hybridized carbons (Fsp3) is 0.188. The number of carboxylic acid groups (broad SMARTS) is 1. The fourth-order valence-corrected chi connectivity index (χ4v) is 4.06. The van der Waals surface area contributed by atoms with Crippen LogP contribution >= 0.6 is 11.3 Å². The molecule has 0 saturated heterocycles. The van der Waals surface area contributed by atoms with E-state index in [1.807, 2.05) is 6.07 Å². The Morgan fingerprint density at radius 1 is 1.36 bits per heavy atom. The van der Waals surface area contributed by atoms with Crippen molar-refractivity contribution in [2.75, 3.05) is 5.73 Å². The lowest BCUT2D eigenvalue weighted by molar-refractivity contribution is 0.0697. The van der Waals surface area contributed by atoms with Gasteiger partial charge >= 0.3 is 5.97 Å². The molecular formula is C16H12N2O3S. The van der Waals surface area contributed by atoms with Gasteiger partial charge in [0.2, 0.25) is 0 Å². The Morgan fingerprint density at radius 2 is 2.05 bits per heavy atom. The van der Waals surface area contributed by atoms with E-state index in [9.17, 15) is 20.0 Å². The summed E-state index contributed by atoms with van der Waals surface area (Å²) in [6.45, 7) is 0. The highest BCUT2D eigenvalue weighted by atomic mass is 32.1. The lowest BCUT2D eigenvalue weighted by Crippen LogP contribution is -2.38. The molecule has 1 aromatic carbocycles. The first-order valence-electron chi connectivity index (χ1n) is 6.67. The van der Waals surface area contributed by atoms with E-state index in [4.69, 9.17) is 5.73 Å². The summed E-state index contributed by atoms with van der Waals surface area (Å²) < 4.78 is 0. The Morgan fingerprint density at radius 3 is 2.64 bits per heavy atom. The molecule has 6 heteroatoms. The minimum atomic E-state index is -1.26. The zero-order valence-corrected chi connectivity index (χ0v) is 12.3. The molecule has 1 aliphatic rings. The van der Waals surface area contributed by atoms with Gasteiger partial charge in [0.15, 0.2) is 5.78 Å². The van der Waals surface area contributed by atoms with Gasteiger partial charge in [-0.3, -0.25) is 4.79 Å². The summed E-state index contributed by atoms with van der Waals surface area (Å²) in [7, 11) is 0. The number of Topliss-reactive ketones (excluding diaryl/α,β-unsaturated/α-hetero) is 1. The summed E-state index contributed by atoms with van der Waals surface area (Å²) in [5, 5.41) is 19.0. The van der Waals surface area contributed by atoms with Crippen molar-refractivity contribution in [1.29, 1.82) is 5.26 Å². The van der Waals surface area contributed by atoms with Crippen molar-refractivity contribution in [3.05, 3.63) is 51.9 Å². The predicted octanol–water partition coefficient (Wildman–Crippen LogP) is 2.62. The monoisotopic (exact) mass is 312 g/mol. The number of rotatable bonds is 2. The second-order valence-electron chi connectivity index (χ2n) is 5.17. The topological polar surface area (TPSA) is 104 Å². The van der Waals surface area contributed by atoms with Crippen LogP contribution in [0.2, 0.25) is 0 Å². The zero-order chi connectivity index (χ0) is 15.9. The van der Waals surface area contributed by atoms with Crippen molar-refractivity contribution < 1.29 is 14.7 Å². The number of anilines is 1. The highest BCUT2D eigenvalue weighted by molar-refractivity contribution is 7.18. The Balaban J connectivity index is 2.18. The molecule has 1 heterocycles. The van der Waals surface area contributed by atoms with E-state index in [2.05, 4.69) is 6.07 Å². The summed E-state index contributed by atoms with van der Waals surface area (Å²) in [6.07, 6.45) is 0.606. The number of carbonyl (C=O) groups excluding carboxylic acids is 1. The van der Waals surface area contributed by atoms with Crippen molar-refractivity contribution in [1.82, 2.24) is 0 Å². The molecule has 0 saturated carbocycles. The zero-order valence-electron chi connectivity index (χ0n) is 11.5. The SMILES string of the molecule is N#CC1(c2ccccc2)CCc2c(sc(N)c2C(=O)O)C1=O. The van der Waals surface area contributed by atoms with Crippen LogP contribution in [0, 0.1) is 11.3 Å². The number of nitrogens with two attached hydrogens (primary N) is 1. The van der Waals surface area contributed by atoms with E-state index in [-0.39, 0.29) is 22.8 Å². The standard InChI is InChI=1S/C16H12N2O3S/c17-8-16(9-4-2-1-3-5-9)7-6-10-11(15(20)21)14(18)22-12(10)13(16)19/h1-5H,6-7,18H2,(H,20,21). The van der Waals surface area contributed by atoms with Gasteiger partial charge in [-0.1, -0.05) is 30.3 Å². The van der Waals surface area contributed by atoms with Crippen LogP contribution in [0.1, 0.15) is 37.6 Å². The molecule has 0 spiro atoms.